The molecular formula is C14H22O10S4. The summed E-state index contributed by atoms with van der Waals surface area (Å²) < 4.78 is 20.0. The number of aliphatic hydroxyl groups is 2. The third-order valence-electron chi connectivity index (χ3n) is 3.00. The maximum atomic E-state index is 11.8. The molecule has 162 valence electrons. The van der Waals surface area contributed by atoms with Crippen molar-refractivity contribution in [1.82, 2.24) is 0 Å². The van der Waals surface area contributed by atoms with Crippen molar-refractivity contribution < 1.29 is 48.3 Å². The van der Waals surface area contributed by atoms with Gasteiger partial charge in [0.05, 0.1) is 29.6 Å². The molecule has 0 spiro atoms. The molecule has 0 bridgehead atoms. The molecule has 0 fully saturated rings. The van der Waals surface area contributed by atoms with E-state index < -0.39 is 73.0 Å². The summed E-state index contributed by atoms with van der Waals surface area (Å²) in [7, 11) is 0. The number of thiol groups is 4. The van der Waals surface area contributed by atoms with Crippen LogP contribution in [-0.4, -0.2) is 94.7 Å². The number of rotatable bonds is 13. The minimum Gasteiger partial charge on any atom is -0.461 e. The van der Waals surface area contributed by atoms with Crippen LogP contribution in [0, 0.1) is 0 Å². The third-order valence-corrected chi connectivity index (χ3v) is 4.03. The topological polar surface area (TPSA) is 146 Å². The summed E-state index contributed by atoms with van der Waals surface area (Å²) >= 11 is 15.0. The van der Waals surface area contributed by atoms with Gasteiger partial charge >= 0.3 is 23.9 Å². The molecule has 2 N–H and O–H groups in total. The van der Waals surface area contributed by atoms with Crippen molar-refractivity contribution in [3.63, 3.8) is 0 Å². The predicted molar refractivity (Wildman–Crippen MR) is 109 cm³/mol. The van der Waals surface area contributed by atoms with Gasteiger partial charge in [-0.15, -0.1) is 0 Å². The maximum absolute atomic E-state index is 11.8. The van der Waals surface area contributed by atoms with Crippen molar-refractivity contribution in [2.75, 3.05) is 36.2 Å². The van der Waals surface area contributed by atoms with E-state index in [0.29, 0.717) is 0 Å². The summed E-state index contributed by atoms with van der Waals surface area (Å²) in [5.41, 5.74) is 0. The highest BCUT2D eigenvalue weighted by Crippen LogP contribution is 2.18. The Morgan fingerprint density at radius 1 is 0.714 bits per heavy atom. The zero-order chi connectivity index (χ0) is 21.7. The third kappa shape index (κ3) is 10.1. The van der Waals surface area contributed by atoms with E-state index in [1.165, 1.54) is 0 Å². The van der Waals surface area contributed by atoms with Crippen LogP contribution in [0.2, 0.25) is 0 Å². The van der Waals surface area contributed by atoms with E-state index in [9.17, 15) is 29.4 Å². The van der Waals surface area contributed by atoms with E-state index in [4.69, 9.17) is 18.9 Å². The number of aliphatic hydroxyl groups excluding tert-OH is 2. The molecule has 0 rings (SSSR count). The number of ether oxygens (including phenoxy) is 4. The molecule has 0 amide bonds. The van der Waals surface area contributed by atoms with Crippen LogP contribution in [0.3, 0.4) is 0 Å². The highest BCUT2D eigenvalue weighted by atomic mass is 32.1. The molecule has 0 saturated heterocycles. The molecule has 0 heterocycles. The second-order valence-corrected chi connectivity index (χ2v) is 6.27. The van der Waals surface area contributed by atoms with Crippen molar-refractivity contribution in [2.45, 2.75) is 24.4 Å². The molecule has 10 nitrogen and oxygen atoms in total. The second kappa shape index (κ2) is 15.1. The summed E-state index contributed by atoms with van der Waals surface area (Å²) in [4.78, 5) is 46.5. The normalized spacial score (nSPS) is 14.9. The summed E-state index contributed by atoms with van der Waals surface area (Å²) in [6, 6.07) is 0. The molecule has 0 aromatic carbocycles. The molecule has 4 atom stereocenters. The molecule has 0 unspecified atom stereocenters. The fourth-order valence-electron chi connectivity index (χ4n) is 1.82. The first-order valence-electron chi connectivity index (χ1n) is 7.70. The van der Waals surface area contributed by atoms with Crippen LogP contribution < -0.4 is 0 Å². The SMILES string of the molecule is O=C(CS)OC[C@H](OC(=O)CS)[C@@H](OC(=O)CS)[C@H](OC(=O)CS)[C@H](O)CO. The van der Waals surface area contributed by atoms with E-state index in [0.717, 1.165) is 0 Å². The molecule has 0 aromatic rings. The van der Waals surface area contributed by atoms with Gasteiger partial charge in [0.15, 0.2) is 18.3 Å². The van der Waals surface area contributed by atoms with Gasteiger partial charge in [0.1, 0.15) is 12.7 Å². The van der Waals surface area contributed by atoms with Crippen LogP contribution >= 0.6 is 50.5 Å². The van der Waals surface area contributed by atoms with Crippen LogP contribution in [0.4, 0.5) is 0 Å². The van der Waals surface area contributed by atoms with Gasteiger partial charge in [0, 0.05) is 0 Å². The summed E-state index contributed by atoms with van der Waals surface area (Å²) in [6.45, 7) is -1.50. The number of esters is 4. The lowest BCUT2D eigenvalue weighted by molar-refractivity contribution is -0.199. The van der Waals surface area contributed by atoms with E-state index in [2.05, 4.69) is 50.5 Å². The largest absolute Gasteiger partial charge is 0.461 e. The highest BCUT2D eigenvalue weighted by Gasteiger charge is 2.42. The van der Waals surface area contributed by atoms with Crippen LogP contribution in [0.15, 0.2) is 0 Å². The number of hydrogen-bond donors (Lipinski definition) is 6. The average Bonchev–Trinajstić information content (AvgIpc) is 2.71. The molecule has 0 aliphatic carbocycles. The van der Waals surface area contributed by atoms with Gasteiger partial charge in [-0.25, -0.2) is 0 Å². The van der Waals surface area contributed by atoms with E-state index in [1.54, 1.807) is 0 Å². The van der Waals surface area contributed by atoms with Crippen LogP contribution in [0.25, 0.3) is 0 Å². The Labute approximate surface area is 183 Å². The van der Waals surface area contributed by atoms with E-state index in [1.807, 2.05) is 0 Å². The van der Waals surface area contributed by atoms with Crippen molar-refractivity contribution in [3.05, 3.63) is 0 Å². The minimum atomic E-state index is -1.72. The standard InChI is InChI=1S/C14H22O10S4/c15-1-7(16)13(23-11(19)5-27)14(24-12(20)6-28)8(22-10(18)4-26)2-21-9(17)3-25/h7-8,13-16,25-28H,1-6H2/t7-,8+,13-,14-/m1/s1. The lowest BCUT2D eigenvalue weighted by Gasteiger charge is -2.33. The summed E-state index contributed by atoms with van der Waals surface area (Å²) in [5, 5.41) is 19.3. The Balaban J connectivity index is 5.88. The molecule has 0 aliphatic heterocycles. The van der Waals surface area contributed by atoms with Gasteiger partial charge in [-0.1, -0.05) is 0 Å². The quantitative estimate of drug-likeness (QED) is 0.103. The lowest BCUT2D eigenvalue weighted by Crippen LogP contribution is -2.53. The molecule has 0 aromatic heterocycles. The average molecular weight is 479 g/mol. The number of hydrogen-bond acceptors (Lipinski definition) is 14. The van der Waals surface area contributed by atoms with Crippen LogP contribution in [-0.2, 0) is 38.1 Å². The van der Waals surface area contributed by atoms with Crippen molar-refractivity contribution in [3.8, 4) is 0 Å². The smallest absolute Gasteiger partial charge is 0.316 e. The molecule has 14 heteroatoms. The van der Waals surface area contributed by atoms with Crippen molar-refractivity contribution in [2.24, 2.45) is 0 Å². The molecule has 28 heavy (non-hydrogen) atoms. The van der Waals surface area contributed by atoms with Gasteiger partial charge in [0.25, 0.3) is 0 Å². The minimum absolute atomic E-state index is 0.286. The van der Waals surface area contributed by atoms with Gasteiger partial charge in [0.2, 0.25) is 0 Å². The Morgan fingerprint density at radius 3 is 1.57 bits per heavy atom. The van der Waals surface area contributed by atoms with E-state index >= 15 is 0 Å². The zero-order valence-corrected chi connectivity index (χ0v) is 18.1. The Kier molecular flexibility index (Phi) is 14.7. The predicted octanol–water partition coefficient (Wildman–Crippen LogP) is -1.66. The van der Waals surface area contributed by atoms with E-state index in [-0.39, 0.29) is 11.5 Å². The lowest BCUT2D eigenvalue weighted by atomic mass is 10.0. The highest BCUT2D eigenvalue weighted by molar-refractivity contribution is 7.81. The fraction of sp³-hybridized carbons (Fsp3) is 0.714. The molecular weight excluding hydrogens is 456 g/mol. The van der Waals surface area contributed by atoms with Gasteiger partial charge in [-0.05, 0) is 0 Å². The molecule has 0 radical (unpaired) electrons. The Hall–Kier alpha value is -0.800. The molecule has 0 aliphatic rings. The first-order valence-corrected chi connectivity index (χ1v) is 10.2. The number of carbonyl (C=O) groups is 4. The summed E-state index contributed by atoms with van der Waals surface area (Å²) in [6.07, 6.45) is -6.52. The summed E-state index contributed by atoms with van der Waals surface area (Å²) in [5.74, 6) is -4.93. The first kappa shape index (κ1) is 27.2. The zero-order valence-electron chi connectivity index (χ0n) is 14.5. The van der Waals surface area contributed by atoms with Gasteiger partial charge in [-0.3, -0.25) is 19.2 Å². The molecule has 0 saturated carbocycles. The first-order chi connectivity index (χ1) is 13.2. The van der Waals surface area contributed by atoms with Gasteiger partial charge < -0.3 is 29.2 Å². The fourth-order valence-corrected chi connectivity index (χ4v) is 2.14. The van der Waals surface area contributed by atoms with Crippen LogP contribution in [0.5, 0.6) is 0 Å². The monoisotopic (exact) mass is 478 g/mol. The van der Waals surface area contributed by atoms with Crippen LogP contribution in [0.1, 0.15) is 0 Å². The van der Waals surface area contributed by atoms with Gasteiger partial charge in [-0.2, -0.15) is 50.5 Å². The number of carbonyl (C=O) groups excluding carboxylic acids is 4. The maximum Gasteiger partial charge on any atom is 0.316 e. The Bertz CT molecular complexity index is 532. The second-order valence-electron chi connectivity index (χ2n) is 5.00. The van der Waals surface area contributed by atoms with Crippen molar-refractivity contribution in [1.29, 1.82) is 0 Å². The Morgan fingerprint density at radius 2 is 1.14 bits per heavy atom. The van der Waals surface area contributed by atoms with Crippen molar-refractivity contribution >= 4 is 74.4 Å².